The van der Waals surface area contributed by atoms with E-state index in [0.29, 0.717) is 24.0 Å². The number of nitrogens with zero attached hydrogens (tertiary/aromatic N) is 2. The van der Waals surface area contributed by atoms with Gasteiger partial charge in [0, 0.05) is 49.8 Å². The second-order valence-corrected chi connectivity index (χ2v) is 11.6. The van der Waals surface area contributed by atoms with E-state index < -0.39 is 0 Å². The third-order valence-corrected chi connectivity index (χ3v) is 9.38. The molecule has 0 spiro atoms. The summed E-state index contributed by atoms with van der Waals surface area (Å²) in [5, 5.41) is 13.0. The Labute approximate surface area is 214 Å². The van der Waals surface area contributed by atoms with Crippen LogP contribution in [0.25, 0.3) is 0 Å². The Bertz CT molecular complexity index is 974. The molecule has 5 nitrogen and oxygen atoms in total. The Hall–Kier alpha value is -2.02. The van der Waals surface area contributed by atoms with Crippen molar-refractivity contribution in [1.29, 1.82) is 0 Å². The molecule has 6 heteroatoms. The summed E-state index contributed by atoms with van der Waals surface area (Å²) in [4.78, 5) is 19.4. The van der Waals surface area contributed by atoms with Crippen LogP contribution in [-0.4, -0.2) is 59.3 Å². The minimum Gasteiger partial charge on any atom is -0.508 e. The molecule has 35 heavy (non-hydrogen) atoms. The summed E-state index contributed by atoms with van der Waals surface area (Å²) in [6.45, 7) is 6.12. The zero-order chi connectivity index (χ0) is 24.0. The van der Waals surface area contributed by atoms with E-state index in [1.54, 1.807) is 12.1 Å². The summed E-state index contributed by atoms with van der Waals surface area (Å²) in [6.07, 6.45) is 6.69. The van der Waals surface area contributed by atoms with Crippen LogP contribution in [0.4, 0.5) is 0 Å². The molecule has 0 radical (unpaired) electrons. The smallest absolute Gasteiger partial charge is 0.220 e. The van der Waals surface area contributed by atoms with Crippen molar-refractivity contribution in [2.75, 3.05) is 38.5 Å². The van der Waals surface area contributed by atoms with E-state index >= 15 is 0 Å². The number of carbonyl (C=O) groups is 1. The molecule has 0 unspecified atom stereocenters. The normalized spacial score (nSPS) is 25.3. The van der Waals surface area contributed by atoms with Crippen molar-refractivity contribution in [3.05, 3.63) is 59.7 Å². The molecule has 2 heterocycles. The van der Waals surface area contributed by atoms with Gasteiger partial charge in [-0.1, -0.05) is 43.2 Å². The largest absolute Gasteiger partial charge is 0.508 e. The van der Waals surface area contributed by atoms with E-state index in [1.165, 1.54) is 47.5 Å². The maximum atomic E-state index is 13.1. The van der Waals surface area contributed by atoms with Crippen molar-refractivity contribution in [3.8, 4) is 5.75 Å². The summed E-state index contributed by atoms with van der Waals surface area (Å²) in [5.41, 5.74) is 2.58. The molecule has 2 aromatic rings. The molecule has 1 amide bonds. The third kappa shape index (κ3) is 6.41. The molecular weight excluding hydrogens is 454 g/mol. The number of hydrogen-bond acceptors (Lipinski definition) is 5. The Morgan fingerprint density at radius 3 is 2.54 bits per heavy atom. The van der Waals surface area contributed by atoms with E-state index in [2.05, 4.69) is 39.4 Å². The molecule has 188 valence electrons. The van der Waals surface area contributed by atoms with Gasteiger partial charge in [-0.05, 0) is 67.0 Å². The highest BCUT2D eigenvalue weighted by atomic mass is 32.2. The van der Waals surface area contributed by atoms with Crippen LogP contribution in [0.1, 0.15) is 55.7 Å². The highest BCUT2D eigenvalue weighted by Gasteiger charge is 2.37. The number of thioether (sulfide) groups is 1. The molecule has 1 aliphatic carbocycles. The van der Waals surface area contributed by atoms with Crippen LogP contribution in [0.15, 0.2) is 53.4 Å². The lowest BCUT2D eigenvalue weighted by molar-refractivity contribution is -0.122. The number of phenols is 1. The topological polar surface area (TPSA) is 55.8 Å². The highest BCUT2D eigenvalue weighted by molar-refractivity contribution is 7.99. The zero-order valence-electron chi connectivity index (χ0n) is 20.7. The fraction of sp³-hybridized carbons (Fsp3) is 0.552. The lowest BCUT2D eigenvalue weighted by Crippen LogP contribution is -2.46. The maximum Gasteiger partial charge on any atom is 0.220 e. The molecule has 0 bridgehead atoms. The Morgan fingerprint density at radius 2 is 1.71 bits per heavy atom. The molecule has 2 aliphatic heterocycles. The van der Waals surface area contributed by atoms with Gasteiger partial charge in [-0.3, -0.25) is 9.69 Å². The van der Waals surface area contributed by atoms with Gasteiger partial charge in [0.1, 0.15) is 5.75 Å². The van der Waals surface area contributed by atoms with Crippen LogP contribution in [0.3, 0.4) is 0 Å². The molecule has 0 aromatic heterocycles. The number of phenolic OH excluding ortho intramolecular Hbond substituents is 1. The monoisotopic (exact) mass is 493 g/mol. The van der Waals surface area contributed by atoms with Crippen LogP contribution in [-0.2, 0) is 11.3 Å². The standard InChI is InChI=1S/C29H39N3O2S/c33-24-13-11-22(12-14-24)20-32-18-16-31(17-19-32)15-5-10-28(34)30-29-25-7-2-1-6-23(25)21-35-27-9-4-3-8-26(27)29/h3-4,8-9,11-14,23,25,29,33H,1-2,5-7,10,15-21H2,(H,30,34)/t23-,25+,29+/m0/s1. The second kappa shape index (κ2) is 11.8. The number of rotatable bonds is 7. The van der Waals surface area contributed by atoms with Crippen molar-refractivity contribution in [3.63, 3.8) is 0 Å². The molecule has 3 atom stereocenters. The Kier molecular flexibility index (Phi) is 8.32. The van der Waals surface area contributed by atoms with E-state index in [0.717, 1.165) is 45.7 Å². The lowest BCUT2D eigenvalue weighted by atomic mass is 9.74. The molecular formula is C29H39N3O2S. The first-order valence-corrected chi connectivity index (χ1v) is 14.4. The summed E-state index contributed by atoms with van der Waals surface area (Å²) < 4.78 is 0. The number of carbonyl (C=O) groups excluding carboxylic acids is 1. The van der Waals surface area contributed by atoms with Gasteiger partial charge in [0.15, 0.2) is 0 Å². The van der Waals surface area contributed by atoms with Crippen LogP contribution in [0.5, 0.6) is 5.75 Å². The fourth-order valence-electron chi connectivity index (χ4n) is 6.10. The van der Waals surface area contributed by atoms with E-state index in [4.69, 9.17) is 0 Å². The first-order chi connectivity index (χ1) is 17.2. The molecule has 1 saturated carbocycles. The van der Waals surface area contributed by atoms with Gasteiger partial charge in [-0.25, -0.2) is 0 Å². The van der Waals surface area contributed by atoms with Crippen molar-refractivity contribution in [2.45, 2.75) is 56.0 Å². The van der Waals surface area contributed by atoms with Gasteiger partial charge in [0.05, 0.1) is 6.04 Å². The van der Waals surface area contributed by atoms with Crippen LogP contribution >= 0.6 is 11.8 Å². The molecule has 5 rings (SSSR count). The SMILES string of the molecule is O=C(CCCN1CCN(Cc2ccc(O)cc2)CC1)N[C@H]1c2ccccc2SC[C@@H]2CCCC[C@H]21. The summed E-state index contributed by atoms with van der Waals surface area (Å²) in [6, 6.07) is 16.4. The van der Waals surface area contributed by atoms with Crippen molar-refractivity contribution < 1.29 is 9.90 Å². The summed E-state index contributed by atoms with van der Waals surface area (Å²) in [7, 11) is 0. The van der Waals surface area contributed by atoms with E-state index in [9.17, 15) is 9.90 Å². The summed E-state index contributed by atoms with van der Waals surface area (Å²) >= 11 is 1.99. The maximum absolute atomic E-state index is 13.1. The molecule has 2 N–H and O–H groups in total. The van der Waals surface area contributed by atoms with Crippen LogP contribution in [0, 0.1) is 11.8 Å². The predicted molar refractivity (Wildman–Crippen MR) is 143 cm³/mol. The van der Waals surface area contributed by atoms with Gasteiger partial charge < -0.3 is 15.3 Å². The van der Waals surface area contributed by atoms with Gasteiger partial charge >= 0.3 is 0 Å². The number of aromatic hydroxyl groups is 1. The first-order valence-electron chi connectivity index (χ1n) is 13.4. The lowest BCUT2D eigenvalue weighted by Gasteiger charge is -2.36. The molecule has 1 saturated heterocycles. The van der Waals surface area contributed by atoms with Crippen LogP contribution in [0.2, 0.25) is 0 Å². The molecule has 3 aliphatic rings. The fourth-order valence-corrected chi connectivity index (χ4v) is 7.45. The second-order valence-electron chi connectivity index (χ2n) is 10.5. The van der Waals surface area contributed by atoms with Gasteiger partial charge in [0.2, 0.25) is 5.91 Å². The Balaban J connectivity index is 1.08. The van der Waals surface area contributed by atoms with E-state index in [1.807, 2.05) is 23.9 Å². The number of hydrogen-bond donors (Lipinski definition) is 2. The van der Waals surface area contributed by atoms with Crippen molar-refractivity contribution >= 4 is 17.7 Å². The zero-order valence-corrected chi connectivity index (χ0v) is 21.5. The molecule has 2 fully saturated rings. The number of nitrogens with one attached hydrogen (secondary N) is 1. The van der Waals surface area contributed by atoms with Crippen molar-refractivity contribution in [1.82, 2.24) is 15.1 Å². The van der Waals surface area contributed by atoms with Crippen LogP contribution < -0.4 is 5.32 Å². The van der Waals surface area contributed by atoms with Gasteiger partial charge in [-0.15, -0.1) is 11.8 Å². The average Bonchev–Trinajstić information content (AvgIpc) is 3.04. The highest BCUT2D eigenvalue weighted by Crippen LogP contribution is 2.46. The number of benzene rings is 2. The average molecular weight is 494 g/mol. The third-order valence-electron chi connectivity index (χ3n) is 8.11. The summed E-state index contributed by atoms with van der Waals surface area (Å²) in [5.74, 6) is 3.01. The van der Waals surface area contributed by atoms with E-state index in [-0.39, 0.29) is 11.9 Å². The first kappa shape index (κ1) is 24.7. The minimum absolute atomic E-state index is 0.169. The predicted octanol–water partition coefficient (Wildman–Crippen LogP) is 5.06. The molecule has 2 aromatic carbocycles. The Morgan fingerprint density at radius 1 is 0.971 bits per heavy atom. The quantitative estimate of drug-likeness (QED) is 0.565. The minimum atomic E-state index is 0.169. The van der Waals surface area contributed by atoms with Crippen molar-refractivity contribution in [2.24, 2.45) is 11.8 Å². The van der Waals surface area contributed by atoms with Gasteiger partial charge in [0.25, 0.3) is 0 Å². The van der Waals surface area contributed by atoms with Gasteiger partial charge in [-0.2, -0.15) is 0 Å². The number of fused-ring (bicyclic) bond motifs is 2. The number of amides is 1. The number of piperazine rings is 1.